The van der Waals surface area contributed by atoms with E-state index in [2.05, 4.69) is 9.97 Å². The lowest BCUT2D eigenvalue weighted by molar-refractivity contribution is 0.300. The Labute approximate surface area is 124 Å². The average molecular weight is 292 g/mol. The maximum atomic E-state index is 6.06. The molecule has 106 valence electrons. The zero-order valence-corrected chi connectivity index (χ0v) is 12.4. The van der Waals surface area contributed by atoms with Crippen molar-refractivity contribution in [3.8, 4) is 5.75 Å². The number of pyridine rings is 2. The highest BCUT2D eigenvalue weighted by atomic mass is 35.5. The Morgan fingerprint density at radius 3 is 2.85 bits per heavy atom. The van der Waals surface area contributed by atoms with Crippen molar-refractivity contribution in [1.82, 2.24) is 9.97 Å². The van der Waals surface area contributed by atoms with Gasteiger partial charge in [0.1, 0.15) is 12.4 Å². The standard InChI is InChI=1S/C15H18ClN3O/c1-10(17)7-14-15(4-3-11(2)19-14)20-9-12-5-6-18-8-13(12)16/h3-6,8,10H,7,9,17H2,1-2H3. The first-order valence-corrected chi connectivity index (χ1v) is 6.87. The van der Waals surface area contributed by atoms with E-state index in [1.54, 1.807) is 12.4 Å². The second-order valence-corrected chi connectivity index (χ2v) is 5.24. The van der Waals surface area contributed by atoms with Crippen LogP contribution in [0.1, 0.15) is 23.9 Å². The number of hydrogen-bond donors (Lipinski definition) is 1. The van der Waals surface area contributed by atoms with Gasteiger partial charge in [0.15, 0.2) is 0 Å². The van der Waals surface area contributed by atoms with E-state index in [4.69, 9.17) is 22.1 Å². The average Bonchev–Trinajstić information content (AvgIpc) is 2.39. The van der Waals surface area contributed by atoms with Crippen LogP contribution in [0.2, 0.25) is 5.02 Å². The van der Waals surface area contributed by atoms with Crippen molar-refractivity contribution in [2.45, 2.75) is 32.9 Å². The fraction of sp³-hybridized carbons (Fsp3) is 0.333. The molecule has 2 heterocycles. The zero-order valence-electron chi connectivity index (χ0n) is 11.6. The van der Waals surface area contributed by atoms with Crippen LogP contribution in [0.25, 0.3) is 0 Å². The lowest BCUT2D eigenvalue weighted by atomic mass is 10.1. The number of hydrogen-bond acceptors (Lipinski definition) is 4. The molecule has 0 spiro atoms. The minimum atomic E-state index is 0.0381. The molecule has 0 aliphatic rings. The Hall–Kier alpha value is -1.65. The van der Waals surface area contributed by atoms with E-state index in [0.29, 0.717) is 18.1 Å². The summed E-state index contributed by atoms with van der Waals surface area (Å²) in [4.78, 5) is 8.45. The van der Waals surface area contributed by atoms with Gasteiger partial charge in [-0.1, -0.05) is 11.6 Å². The van der Waals surface area contributed by atoms with Crippen LogP contribution in [0.3, 0.4) is 0 Å². The van der Waals surface area contributed by atoms with Gasteiger partial charge in [-0.2, -0.15) is 0 Å². The quantitative estimate of drug-likeness (QED) is 0.920. The molecule has 0 aliphatic carbocycles. The van der Waals surface area contributed by atoms with Crippen LogP contribution in [0.15, 0.2) is 30.6 Å². The van der Waals surface area contributed by atoms with Gasteiger partial charge in [-0.15, -0.1) is 0 Å². The summed E-state index contributed by atoms with van der Waals surface area (Å²) in [5.41, 5.74) is 8.58. The number of ether oxygens (including phenoxy) is 1. The summed E-state index contributed by atoms with van der Waals surface area (Å²) in [5.74, 6) is 0.751. The van der Waals surface area contributed by atoms with E-state index in [9.17, 15) is 0 Å². The summed E-state index contributed by atoms with van der Waals surface area (Å²) >= 11 is 6.06. The Morgan fingerprint density at radius 2 is 2.15 bits per heavy atom. The second-order valence-electron chi connectivity index (χ2n) is 4.83. The molecule has 2 N–H and O–H groups in total. The first-order valence-electron chi connectivity index (χ1n) is 6.49. The highest BCUT2D eigenvalue weighted by Crippen LogP contribution is 2.21. The number of aromatic nitrogens is 2. The molecular formula is C15H18ClN3O. The van der Waals surface area contributed by atoms with Crippen LogP contribution in [-0.4, -0.2) is 16.0 Å². The number of nitrogens with zero attached hydrogens (tertiary/aromatic N) is 2. The molecule has 20 heavy (non-hydrogen) atoms. The summed E-state index contributed by atoms with van der Waals surface area (Å²) in [6.07, 6.45) is 3.98. The van der Waals surface area contributed by atoms with Crippen molar-refractivity contribution < 1.29 is 4.74 Å². The molecule has 0 aliphatic heterocycles. The molecule has 2 aromatic rings. The molecule has 0 bridgehead atoms. The SMILES string of the molecule is Cc1ccc(OCc2ccncc2Cl)c(CC(C)N)n1. The predicted octanol–water partition coefficient (Wildman–Crippen LogP) is 2.91. The first kappa shape index (κ1) is 14.8. The third-order valence-corrected chi connectivity index (χ3v) is 3.17. The van der Waals surface area contributed by atoms with Crippen LogP contribution >= 0.6 is 11.6 Å². The molecule has 2 rings (SSSR count). The summed E-state index contributed by atoms with van der Waals surface area (Å²) in [5, 5.41) is 0.598. The molecule has 2 aromatic heterocycles. The second kappa shape index (κ2) is 6.68. The van der Waals surface area contributed by atoms with E-state index in [1.165, 1.54) is 0 Å². The van der Waals surface area contributed by atoms with E-state index in [1.807, 2.05) is 32.0 Å². The van der Waals surface area contributed by atoms with Crippen molar-refractivity contribution in [1.29, 1.82) is 0 Å². The first-order chi connectivity index (χ1) is 9.56. The molecule has 0 radical (unpaired) electrons. The number of nitrogens with two attached hydrogens (primary N) is 1. The van der Waals surface area contributed by atoms with Gasteiger partial charge in [0.25, 0.3) is 0 Å². The third kappa shape index (κ3) is 3.92. The highest BCUT2D eigenvalue weighted by molar-refractivity contribution is 6.31. The van der Waals surface area contributed by atoms with Crippen molar-refractivity contribution in [3.05, 3.63) is 52.6 Å². The van der Waals surface area contributed by atoms with Gasteiger partial charge in [0.05, 0.1) is 10.7 Å². The van der Waals surface area contributed by atoms with Gasteiger partial charge >= 0.3 is 0 Å². The molecule has 0 saturated heterocycles. The Bertz CT molecular complexity index is 587. The molecule has 0 saturated carbocycles. The molecule has 1 atom stereocenters. The number of aryl methyl sites for hydroxylation is 1. The maximum absolute atomic E-state index is 6.06. The van der Waals surface area contributed by atoms with Gasteiger partial charge in [0, 0.05) is 36.1 Å². The van der Waals surface area contributed by atoms with Crippen LogP contribution < -0.4 is 10.5 Å². The molecule has 5 heteroatoms. The fourth-order valence-electron chi connectivity index (χ4n) is 1.86. The van der Waals surface area contributed by atoms with E-state index < -0.39 is 0 Å². The summed E-state index contributed by atoms with van der Waals surface area (Å²) < 4.78 is 5.83. The summed E-state index contributed by atoms with van der Waals surface area (Å²) in [6.45, 7) is 4.29. The highest BCUT2D eigenvalue weighted by Gasteiger charge is 2.09. The lowest BCUT2D eigenvalue weighted by Gasteiger charge is -2.13. The van der Waals surface area contributed by atoms with Crippen LogP contribution in [0.4, 0.5) is 0 Å². The van der Waals surface area contributed by atoms with Crippen LogP contribution in [0, 0.1) is 6.92 Å². The van der Waals surface area contributed by atoms with Crippen LogP contribution in [-0.2, 0) is 13.0 Å². The van der Waals surface area contributed by atoms with E-state index in [-0.39, 0.29) is 6.04 Å². The molecule has 0 aromatic carbocycles. The normalized spacial score (nSPS) is 12.2. The number of rotatable bonds is 5. The molecule has 4 nitrogen and oxygen atoms in total. The summed E-state index contributed by atoms with van der Waals surface area (Å²) in [6, 6.07) is 5.73. The van der Waals surface area contributed by atoms with Gasteiger partial charge in [0.2, 0.25) is 0 Å². The fourth-order valence-corrected chi connectivity index (χ4v) is 2.03. The Morgan fingerprint density at radius 1 is 1.35 bits per heavy atom. The van der Waals surface area contributed by atoms with Gasteiger partial charge in [-0.05, 0) is 32.0 Å². The van der Waals surface area contributed by atoms with Crippen molar-refractivity contribution >= 4 is 11.6 Å². The van der Waals surface area contributed by atoms with E-state index >= 15 is 0 Å². The maximum Gasteiger partial charge on any atom is 0.141 e. The Balaban J connectivity index is 2.15. The smallest absolute Gasteiger partial charge is 0.141 e. The van der Waals surface area contributed by atoms with Gasteiger partial charge in [-0.3, -0.25) is 9.97 Å². The lowest BCUT2D eigenvalue weighted by Crippen LogP contribution is -2.19. The van der Waals surface area contributed by atoms with E-state index in [0.717, 1.165) is 22.7 Å². The third-order valence-electron chi connectivity index (χ3n) is 2.83. The minimum absolute atomic E-state index is 0.0381. The largest absolute Gasteiger partial charge is 0.487 e. The molecular weight excluding hydrogens is 274 g/mol. The minimum Gasteiger partial charge on any atom is -0.487 e. The summed E-state index contributed by atoms with van der Waals surface area (Å²) in [7, 11) is 0. The monoisotopic (exact) mass is 291 g/mol. The van der Waals surface area contributed by atoms with Gasteiger partial charge in [-0.25, -0.2) is 0 Å². The van der Waals surface area contributed by atoms with Crippen molar-refractivity contribution in [2.24, 2.45) is 5.73 Å². The molecule has 0 amide bonds. The number of halogens is 1. The van der Waals surface area contributed by atoms with Crippen LogP contribution in [0.5, 0.6) is 5.75 Å². The zero-order chi connectivity index (χ0) is 14.5. The van der Waals surface area contributed by atoms with Gasteiger partial charge < -0.3 is 10.5 Å². The Kier molecular flexibility index (Phi) is 4.93. The van der Waals surface area contributed by atoms with Crippen molar-refractivity contribution in [2.75, 3.05) is 0 Å². The predicted molar refractivity (Wildman–Crippen MR) is 79.9 cm³/mol. The topological polar surface area (TPSA) is 61.0 Å². The van der Waals surface area contributed by atoms with Crippen molar-refractivity contribution in [3.63, 3.8) is 0 Å². The molecule has 1 unspecified atom stereocenters. The molecule has 0 fully saturated rings.